The number of hydrogen-bond donors (Lipinski definition) is 0. The fraction of sp³-hybridized carbons (Fsp3) is 0.304. The van der Waals surface area contributed by atoms with E-state index in [0.717, 1.165) is 15.0 Å². The van der Waals surface area contributed by atoms with Gasteiger partial charge in [-0.25, -0.2) is 14.6 Å². The van der Waals surface area contributed by atoms with Gasteiger partial charge in [-0.05, 0) is 42.3 Å². The van der Waals surface area contributed by atoms with Crippen LogP contribution in [0.5, 0.6) is 11.5 Å². The Bertz CT molecular complexity index is 1510. The van der Waals surface area contributed by atoms with Gasteiger partial charge in [-0.15, -0.1) is 11.3 Å². The second-order valence-corrected chi connectivity index (χ2v) is 8.92. The normalized spacial score (nSPS) is 12.8. The van der Waals surface area contributed by atoms with Crippen LogP contribution in [0.1, 0.15) is 16.1 Å². The van der Waals surface area contributed by atoms with Crippen LogP contribution in [-0.2, 0) is 25.4 Å². The third kappa shape index (κ3) is 3.87. The molecular weight excluding hydrogens is 460 g/mol. The first-order valence-corrected chi connectivity index (χ1v) is 11.5. The van der Waals surface area contributed by atoms with Gasteiger partial charge in [0.05, 0.1) is 12.9 Å². The summed E-state index contributed by atoms with van der Waals surface area (Å²) in [7, 11) is 3.28. The highest BCUT2D eigenvalue weighted by Gasteiger charge is 2.17. The molecule has 0 unspecified atom stereocenters. The largest absolute Gasteiger partial charge is 0.486 e. The lowest BCUT2D eigenvalue weighted by molar-refractivity contribution is 0.0501. The van der Waals surface area contributed by atoms with E-state index in [1.54, 1.807) is 24.7 Å². The van der Waals surface area contributed by atoms with Crippen molar-refractivity contribution in [2.45, 2.75) is 13.0 Å². The van der Waals surface area contributed by atoms with Crippen LogP contribution in [0, 0.1) is 0 Å². The maximum atomic E-state index is 12.7. The summed E-state index contributed by atoms with van der Waals surface area (Å²) in [5, 5.41) is 0. The second-order valence-electron chi connectivity index (χ2n) is 7.84. The highest BCUT2D eigenvalue weighted by molar-refractivity contribution is 7.17. The zero-order valence-corrected chi connectivity index (χ0v) is 19.5. The Morgan fingerprint density at radius 3 is 2.74 bits per heavy atom. The number of thiophene rings is 1. The predicted octanol–water partition coefficient (Wildman–Crippen LogP) is 2.18. The van der Waals surface area contributed by atoms with E-state index in [2.05, 4.69) is 4.98 Å². The highest BCUT2D eigenvalue weighted by atomic mass is 32.1. The molecule has 176 valence electrons. The molecule has 0 aliphatic carbocycles. The average molecular weight is 483 g/mol. The van der Waals surface area contributed by atoms with Crippen molar-refractivity contribution in [2.24, 2.45) is 14.1 Å². The van der Waals surface area contributed by atoms with Crippen LogP contribution in [0.2, 0.25) is 0 Å². The minimum Gasteiger partial charge on any atom is -0.486 e. The van der Waals surface area contributed by atoms with Gasteiger partial charge in [-0.2, -0.15) is 0 Å². The minimum atomic E-state index is -0.454. The fourth-order valence-electron chi connectivity index (χ4n) is 3.85. The molecule has 0 N–H and O–H groups in total. The van der Waals surface area contributed by atoms with Gasteiger partial charge in [0.15, 0.2) is 22.7 Å². The van der Waals surface area contributed by atoms with Crippen LogP contribution in [-0.4, -0.2) is 44.5 Å². The van der Waals surface area contributed by atoms with Gasteiger partial charge in [0.2, 0.25) is 0 Å². The molecule has 0 radical (unpaired) electrons. The molecule has 1 aliphatic heterocycles. The maximum Gasteiger partial charge on any atom is 0.348 e. The summed E-state index contributed by atoms with van der Waals surface area (Å²) in [4.78, 5) is 43.3. The number of esters is 1. The number of nitrogens with zero attached hydrogens (tertiary/aromatic N) is 4. The molecule has 11 heteroatoms. The van der Waals surface area contributed by atoms with Gasteiger partial charge in [-0.3, -0.25) is 13.9 Å². The molecule has 0 spiro atoms. The number of carbonyl (C=O) groups excluding carboxylic acids is 1. The lowest BCUT2D eigenvalue weighted by Gasteiger charge is -2.18. The van der Waals surface area contributed by atoms with Crippen LogP contribution >= 0.6 is 11.3 Å². The van der Waals surface area contributed by atoms with Crippen molar-refractivity contribution in [3.8, 4) is 21.9 Å². The summed E-state index contributed by atoms with van der Waals surface area (Å²) in [6, 6.07) is 9.25. The topological polar surface area (TPSA) is 107 Å². The number of carbonyl (C=O) groups is 1. The Morgan fingerprint density at radius 2 is 1.91 bits per heavy atom. The number of aromatic nitrogens is 4. The summed E-state index contributed by atoms with van der Waals surface area (Å²) in [5.74, 6) is 0.950. The van der Waals surface area contributed by atoms with Gasteiger partial charge >= 0.3 is 11.7 Å². The van der Waals surface area contributed by atoms with Crippen molar-refractivity contribution >= 4 is 28.5 Å². The molecule has 10 nitrogen and oxygen atoms in total. The first-order chi connectivity index (χ1) is 16.4. The molecule has 34 heavy (non-hydrogen) atoms. The minimum absolute atomic E-state index is 0.0785. The summed E-state index contributed by atoms with van der Waals surface area (Å²) < 4.78 is 20.6. The van der Waals surface area contributed by atoms with Crippen molar-refractivity contribution in [2.75, 3.05) is 19.8 Å². The summed E-state index contributed by atoms with van der Waals surface area (Å²) in [6.07, 6.45) is 1.82. The van der Waals surface area contributed by atoms with E-state index in [0.29, 0.717) is 47.2 Å². The first kappa shape index (κ1) is 22.0. The van der Waals surface area contributed by atoms with Crippen LogP contribution in [0.15, 0.2) is 46.2 Å². The number of benzene rings is 1. The first-order valence-electron chi connectivity index (χ1n) is 10.7. The van der Waals surface area contributed by atoms with E-state index in [4.69, 9.17) is 14.2 Å². The number of fused-ring (bicyclic) bond motifs is 2. The fourth-order valence-corrected chi connectivity index (χ4v) is 4.75. The molecule has 0 saturated carbocycles. The monoisotopic (exact) mass is 482 g/mol. The molecule has 0 atom stereocenters. The van der Waals surface area contributed by atoms with Gasteiger partial charge in [0, 0.05) is 25.5 Å². The van der Waals surface area contributed by atoms with Crippen LogP contribution in [0.3, 0.4) is 0 Å². The lowest BCUT2D eigenvalue weighted by atomic mass is 10.1. The third-order valence-corrected chi connectivity index (χ3v) is 6.71. The van der Waals surface area contributed by atoms with E-state index in [1.165, 1.54) is 22.2 Å². The second kappa shape index (κ2) is 8.82. The van der Waals surface area contributed by atoms with Crippen molar-refractivity contribution in [3.63, 3.8) is 0 Å². The van der Waals surface area contributed by atoms with E-state index in [1.807, 2.05) is 24.3 Å². The molecular formula is C23H22N4O6S. The maximum absolute atomic E-state index is 12.7. The molecule has 0 fully saturated rings. The smallest absolute Gasteiger partial charge is 0.348 e. The molecule has 3 aromatic heterocycles. The van der Waals surface area contributed by atoms with Crippen LogP contribution < -0.4 is 20.7 Å². The Hall–Kier alpha value is -3.86. The molecule has 1 aliphatic rings. The summed E-state index contributed by atoms with van der Waals surface area (Å²) >= 11 is 1.32. The van der Waals surface area contributed by atoms with Crippen molar-refractivity contribution in [3.05, 3.63) is 62.4 Å². The SMILES string of the molecule is Cn1cnc2c1c(=O)n(CCCOC(=O)c1ccc(-c3ccc4c(c3)OCCO4)s1)c(=O)n2C. The molecule has 0 saturated heterocycles. The number of ether oxygens (including phenoxy) is 3. The molecule has 4 heterocycles. The van der Waals surface area contributed by atoms with Crippen LogP contribution in [0.4, 0.5) is 0 Å². The van der Waals surface area contributed by atoms with Gasteiger partial charge in [0.1, 0.15) is 18.1 Å². The van der Waals surface area contributed by atoms with Crippen molar-refractivity contribution < 1.29 is 19.0 Å². The molecule has 4 aromatic rings. The van der Waals surface area contributed by atoms with E-state index >= 15 is 0 Å². The summed E-state index contributed by atoms with van der Waals surface area (Å²) in [5.41, 5.74) is 0.752. The highest BCUT2D eigenvalue weighted by Crippen LogP contribution is 2.37. The third-order valence-electron chi connectivity index (χ3n) is 5.59. The van der Waals surface area contributed by atoms with Gasteiger partial charge in [-0.1, -0.05) is 0 Å². The molecule has 0 amide bonds. The Morgan fingerprint density at radius 1 is 1.12 bits per heavy atom. The molecule has 1 aromatic carbocycles. The number of aryl methyl sites for hydroxylation is 2. The Balaban J connectivity index is 1.23. The Kier molecular flexibility index (Phi) is 5.70. The zero-order chi connectivity index (χ0) is 23.8. The molecule has 5 rings (SSSR count). The predicted molar refractivity (Wildman–Crippen MR) is 126 cm³/mol. The standard InChI is InChI=1S/C23H22N4O6S/c1-25-13-24-20-19(25)21(28)27(23(30)26(20)2)8-3-9-33-22(29)18-7-6-17(34-18)14-4-5-15-16(12-14)32-11-10-31-15/h4-7,12-13H,3,8-11H2,1-2H3. The van der Waals surface area contributed by atoms with E-state index in [9.17, 15) is 14.4 Å². The van der Waals surface area contributed by atoms with Crippen LogP contribution in [0.25, 0.3) is 21.6 Å². The Labute approximate surface area is 197 Å². The zero-order valence-electron chi connectivity index (χ0n) is 18.6. The van der Waals surface area contributed by atoms with Crippen molar-refractivity contribution in [1.29, 1.82) is 0 Å². The van der Waals surface area contributed by atoms with Crippen molar-refractivity contribution in [1.82, 2.24) is 18.7 Å². The number of rotatable bonds is 6. The van der Waals surface area contributed by atoms with E-state index in [-0.39, 0.29) is 13.2 Å². The number of hydrogen-bond acceptors (Lipinski definition) is 8. The average Bonchev–Trinajstić information content (AvgIpc) is 3.49. The van der Waals surface area contributed by atoms with E-state index < -0.39 is 17.2 Å². The lowest BCUT2D eigenvalue weighted by Crippen LogP contribution is -2.39. The quantitative estimate of drug-likeness (QED) is 0.306. The number of imidazole rings is 1. The van der Waals surface area contributed by atoms with Gasteiger partial charge in [0.25, 0.3) is 5.56 Å². The van der Waals surface area contributed by atoms with Gasteiger partial charge < -0.3 is 18.8 Å². The summed E-state index contributed by atoms with van der Waals surface area (Å²) in [6.45, 7) is 1.25. The molecule has 0 bridgehead atoms.